The lowest BCUT2D eigenvalue weighted by Crippen LogP contribution is -2.12. The molecule has 0 aliphatic rings. The highest BCUT2D eigenvalue weighted by Gasteiger charge is 2.23. The predicted molar refractivity (Wildman–Crippen MR) is 209 cm³/mol. The number of aromatic nitrogens is 4. The molecule has 4 aromatic carbocycles. The molecule has 0 fully saturated rings. The first kappa shape index (κ1) is 33.3. The quantitative estimate of drug-likeness (QED) is 0.163. The van der Waals surface area contributed by atoms with Crippen LogP contribution in [0.5, 0.6) is 11.5 Å². The van der Waals surface area contributed by atoms with E-state index in [1.165, 1.54) is 49.7 Å². The van der Waals surface area contributed by atoms with E-state index < -0.39 is 0 Å². The molecule has 0 aliphatic heterocycles. The Morgan fingerprint density at radius 1 is 0.680 bits per heavy atom. The minimum Gasteiger partial charge on any atom is -0.457 e. The van der Waals surface area contributed by atoms with Gasteiger partial charge in [0, 0.05) is 40.4 Å². The topological polar surface area (TPSA) is 44.9 Å². The van der Waals surface area contributed by atoms with Crippen molar-refractivity contribution >= 4 is 21.8 Å². The molecule has 0 atom stereocenters. The molecule has 0 saturated heterocycles. The molecule has 0 spiro atoms. The van der Waals surface area contributed by atoms with Crippen molar-refractivity contribution in [1.82, 2.24) is 19.3 Å². The van der Waals surface area contributed by atoms with E-state index in [4.69, 9.17) is 14.8 Å². The van der Waals surface area contributed by atoms with E-state index in [0.717, 1.165) is 64.7 Å². The molecule has 3 heterocycles. The Labute approximate surface area is 296 Å². The SMILES string of the molecule is CCc1ccnc(-n2c3ccccc3c3ccc(Oc4cc(-n5nc(C)c(-c6c(CC)cc(C)cc6CC)c5C)cc(C(C)(C)C)c4)cc32)c1. The van der Waals surface area contributed by atoms with Gasteiger partial charge in [0.25, 0.3) is 0 Å². The molecule has 0 radical (unpaired) electrons. The lowest BCUT2D eigenvalue weighted by molar-refractivity contribution is 0.478. The van der Waals surface area contributed by atoms with E-state index in [0.29, 0.717) is 0 Å². The van der Waals surface area contributed by atoms with Crippen molar-refractivity contribution in [3.8, 4) is 34.1 Å². The van der Waals surface area contributed by atoms with Crippen LogP contribution in [0.25, 0.3) is 44.4 Å². The van der Waals surface area contributed by atoms with Crippen molar-refractivity contribution in [1.29, 1.82) is 0 Å². The van der Waals surface area contributed by atoms with Crippen LogP contribution in [0.3, 0.4) is 0 Å². The number of hydrogen-bond donors (Lipinski definition) is 0. The molecule has 0 bridgehead atoms. The van der Waals surface area contributed by atoms with Gasteiger partial charge < -0.3 is 4.74 Å². The minimum atomic E-state index is -0.0961. The van der Waals surface area contributed by atoms with Crippen LogP contribution in [0.2, 0.25) is 0 Å². The number of fused-ring (bicyclic) bond motifs is 3. The molecule has 0 amide bonds. The first-order chi connectivity index (χ1) is 24.0. The van der Waals surface area contributed by atoms with Gasteiger partial charge in [0.15, 0.2) is 0 Å². The molecule has 3 aromatic heterocycles. The lowest BCUT2D eigenvalue weighted by Gasteiger charge is -2.22. The number of hydrogen-bond acceptors (Lipinski definition) is 3. The van der Waals surface area contributed by atoms with Crippen LogP contribution >= 0.6 is 0 Å². The second-order valence-corrected chi connectivity index (χ2v) is 14.6. The summed E-state index contributed by atoms with van der Waals surface area (Å²) < 4.78 is 11.2. The van der Waals surface area contributed by atoms with Gasteiger partial charge in [-0.25, -0.2) is 9.67 Å². The van der Waals surface area contributed by atoms with Crippen molar-refractivity contribution in [2.24, 2.45) is 0 Å². The van der Waals surface area contributed by atoms with Crippen LogP contribution in [-0.2, 0) is 24.7 Å². The zero-order chi connectivity index (χ0) is 35.3. The molecule has 0 aliphatic carbocycles. The largest absolute Gasteiger partial charge is 0.457 e. The second kappa shape index (κ2) is 12.9. The molecule has 50 heavy (non-hydrogen) atoms. The maximum absolute atomic E-state index is 6.79. The highest BCUT2D eigenvalue weighted by atomic mass is 16.5. The molecule has 7 rings (SSSR count). The molecule has 5 nitrogen and oxygen atoms in total. The average molecular weight is 661 g/mol. The van der Waals surface area contributed by atoms with Crippen LogP contribution in [-0.4, -0.2) is 19.3 Å². The summed E-state index contributed by atoms with van der Waals surface area (Å²) >= 11 is 0. The molecule has 0 unspecified atom stereocenters. The Bertz CT molecular complexity index is 2360. The maximum atomic E-state index is 6.79. The average Bonchev–Trinajstić information content (AvgIpc) is 3.59. The molecular formula is C45H48N4O. The summed E-state index contributed by atoms with van der Waals surface area (Å²) in [6.07, 6.45) is 4.82. The Kier molecular flexibility index (Phi) is 8.63. The third-order valence-electron chi connectivity index (χ3n) is 10.1. The van der Waals surface area contributed by atoms with Crippen molar-refractivity contribution in [3.05, 3.63) is 130 Å². The number of rotatable bonds is 8. The summed E-state index contributed by atoms with van der Waals surface area (Å²) in [4.78, 5) is 4.80. The van der Waals surface area contributed by atoms with E-state index >= 15 is 0 Å². The van der Waals surface area contributed by atoms with Gasteiger partial charge in [-0.05, 0) is 116 Å². The predicted octanol–water partition coefficient (Wildman–Crippen LogP) is 11.7. The van der Waals surface area contributed by atoms with Gasteiger partial charge >= 0.3 is 0 Å². The van der Waals surface area contributed by atoms with E-state index in [1.54, 1.807) is 0 Å². The third-order valence-corrected chi connectivity index (χ3v) is 10.1. The number of ether oxygens (including phenoxy) is 1. The van der Waals surface area contributed by atoms with E-state index in [1.807, 2.05) is 6.20 Å². The van der Waals surface area contributed by atoms with Crippen LogP contribution in [0.1, 0.15) is 80.7 Å². The summed E-state index contributed by atoms with van der Waals surface area (Å²) in [5, 5.41) is 7.54. The lowest BCUT2D eigenvalue weighted by atomic mass is 9.86. The Balaban J connectivity index is 1.36. The van der Waals surface area contributed by atoms with Gasteiger partial charge in [-0.2, -0.15) is 5.10 Å². The van der Waals surface area contributed by atoms with E-state index in [9.17, 15) is 0 Å². The van der Waals surface area contributed by atoms with E-state index in [2.05, 4.69) is 156 Å². The summed E-state index contributed by atoms with van der Waals surface area (Å²) in [6.45, 7) is 20.0. The van der Waals surface area contributed by atoms with Crippen LogP contribution < -0.4 is 4.74 Å². The second-order valence-electron chi connectivity index (χ2n) is 14.6. The molecule has 7 aromatic rings. The molecule has 254 valence electrons. The first-order valence-electron chi connectivity index (χ1n) is 18.0. The molecule has 0 saturated carbocycles. The van der Waals surface area contributed by atoms with Crippen LogP contribution in [0, 0.1) is 20.8 Å². The highest BCUT2D eigenvalue weighted by molar-refractivity contribution is 6.09. The Hall–Kier alpha value is -5.16. The zero-order valence-electron chi connectivity index (χ0n) is 31.0. The van der Waals surface area contributed by atoms with Crippen LogP contribution in [0.15, 0.2) is 91.1 Å². The van der Waals surface area contributed by atoms with Gasteiger partial charge in [-0.1, -0.05) is 77.4 Å². The number of para-hydroxylation sites is 1. The number of pyridine rings is 1. The van der Waals surface area contributed by atoms with Gasteiger partial charge in [-0.3, -0.25) is 4.57 Å². The van der Waals surface area contributed by atoms with Gasteiger partial charge in [-0.15, -0.1) is 0 Å². The minimum absolute atomic E-state index is 0.0961. The van der Waals surface area contributed by atoms with Gasteiger partial charge in [0.1, 0.15) is 17.3 Å². The van der Waals surface area contributed by atoms with Crippen molar-refractivity contribution in [3.63, 3.8) is 0 Å². The number of nitrogens with zero attached hydrogens (tertiary/aromatic N) is 4. The number of benzene rings is 4. The summed E-state index contributed by atoms with van der Waals surface area (Å²) in [5.74, 6) is 2.48. The third kappa shape index (κ3) is 5.89. The fourth-order valence-electron chi connectivity index (χ4n) is 7.47. The van der Waals surface area contributed by atoms with Crippen molar-refractivity contribution in [2.75, 3.05) is 0 Å². The highest BCUT2D eigenvalue weighted by Crippen LogP contribution is 2.39. The van der Waals surface area contributed by atoms with E-state index in [-0.39, 0.29) is 5.41 Å². The zero-order valence-corrected chi connectivity index (χ0v) is 31.0. The first-order valence-corrected chi connectivity index (χ1v) is 18.0. The monoisotopic (exact) mass is 660 g/mol. The summed E-state index contributed by atoms with van der Waals surface area (Å²) in [6, 6.07) is 30.5. The van der Waals surface area contributed by atoms with Crippen LogP contribution in [0.4, 0.5) is 0 Å². The maximum Gasteiger partial charge on any atom is 0.137 e. The van der Waals surface area contributed by atoms with Crippen molar-refractivity contribution < 1.29 is 4.74 Å². The van der Waals surface area contributed by atoms with Crippen molar-refractivity contribution in [2.45, 2.75) is 87.0 Å². The fraction of sp³-hybridized carbons (Fsp3) is 0.289. The standard InChI is InChI=1S/C45H48N4O/c1-10-31-19-20-46-42(23-31)48-40-16-14-13-15-38(40)39-18-17-36(27-41(39)48)50-37-25-34(45(7,8)9)24-35(26-37)49-30(6)43(29(5)47-49)44-32(11-2)21-28(4)22-33(44)12-3/h13-27H,10-12H2,1-9H3. The number of aryl methyl sites for hydroxylation is 5. The normalized spacial score (nSPS) is 11.9. The summed E-state index contributed by atoms with van der Waals surface area (Å²) in [5.41, 5.74) is 14.4. The molecular weight excluding hydrogens is 613 g/mol. The summed E-state index contributed by atoms with van der Waals surface area (Å²) in [7, 11) is 0. The Morgan fingerprint density at radius 3 is 2.10 bits per heavy atom. The smallest absolute Gasteiger partial charge is 0.137 e. The fourth-order valence-corrected chi connectivity index (χ4v) is 7.47. The molecule has 0 N–H and O–H groups in total. The van der Waals surface area contributed by atoms with Gasteiger partial charge in [0.05, 0.1) is 22.4 Å². The molecule has 5 heteroatoms. The Morgan fingerprint density at radius 2 is 1.40 bits per heavy atom. The van der Waals surface area contributed by atoms with Gasteiger partial charge in [0.2, 0.25) is 0 Å².